The molecule has 166 valence electrons. The maximum absolute atomic E-state index is 11.9. The highest BCUT2D eigenvalue weighted by Crippen LogP contribution is 2.29. The van der Waals surface area contributed by atoms with Gasteiger partial charge in [0.15, 0.2) is 5.11 Å². The van der Waals surface area contributed by atoms with Gasteiger partial charge in [-0.15, -0.1) is 0 Å². The number of azo groups is 1. The van der Waals surface area contributed by atoms with Crippen molar-refractivity contribution in [2.75, 3.05) is 5.32 Å². The van der Waals surface area contributed by atoms with Crippen LogP contribution in [0, 0.1) is 13.8 Å². The number of rotatable bonds is 7. The normalized spacial score (nSPS) is 12.5. The second-order valence-electron chi connectivity index (χ2n) is 6.88. The van der Waals surface area contributed by atoms with Crippen molar-refractivity contribution in [1.82, 2.24) is 10.6 Å². The van der Waals surface area contributed by atoms with E-state index in [4.69, 9.17) is 47.0 Å². The van der Waals surface area contributed by atoms with Gasteiger partial charge >= 0.3 is 0 Å². The first-order valence-electron chi connectivity index (χ1n) is 9.61. The van der Waals surface area contributed by atoms with Crippen LogP contribution in [-0.4, -0.2) is 21.0 Å². The fourth-order valence-corrected chi connectivity index (χ4v) is 3.14. The van der Waals surface area contributed by atoms with E-state index >= 15 is 0 Å². The van der Waals surface area contributed by atoms with Crippen LogP contribution in [0.1, 0.15) is 30.9 Å². The zero-order valence-electron chi connectivity index (χ0n) is 17.4. The summed E-state index contributed by atoms with van der Waals surface area (Å²) < 4.78 is -1.79. The Bertz CT molecular complexity index is 962. The Morgan fingerprint density at radius 2 is 1.77 bits per heavy atom. The number of hydrogen-bond donors (Lipinski definition) is 3. The Balaban J connectivity index is 2.05. The monoisotopic (exact) mass is 499 g/mol. The summed E-state index contributed by atoms with van der Waals surface area (Å²) in [6, 6.07) is 13.3. The van der Waals surface area contributed by atoms with Crippen molar-refractivity contribution in [3.05, 3.63) is 53.6 Å². The summed E-state index contributed by atoms with van der Waals surface area (Å²) in [6.07, 6.45) is 0.00365. The molecule has 0 spiro atoms. The van der Waals surface area contributed by atoms with Gasteiger partial charge < -0.3 is 16.0 Å². The van der Waals surface area contributed by atoms with Gasteiger partial charge in [-0.2, -0.15) is 10.2 Å². The number of hydrogen-bond acceptors (Lipinski definition) is 4. The molecule has 2 aromatic carbocycles. The summed E-state index contributed by atoms with van der Waals surface area (Å²) in [5.41, 5.74) is 4.21. The Morgan fingerprint density at radius 3 is 2.39 bits per heavy atom. The fraction of sp³-hybridized carbons (Fsp3) is 0.333. The molecular weight excluding hydrogens is 477 g/mol. The first-order valence-corrected chi connectivity index (χ1v) is 11.2. The lowest BCUT2D eigenvalue weighted by molar-refractivity contribution is -0.121. The Labute approximate surface area is 202 Å². The third kappa shape index (κ3) is 8.26. The molecular formula is C21H24Cl3N5OS. The molecule has 0 bridgehead atoms. The minimum atomic E-state index is -1.79. The van der Waals surface area contributed by atoms with Crippen molar-refractivity contribution in [2.24, 2.45) is 10.2 Å². The van der Waals surface area contributed by atoms with Gasteiger partial charge in [-0.25, -0.2) is 0 Å². The number of carbonyl (C=O) groups excluding carboxylic acids is 1. The molecule has 6 nitrogen and oxygen atoms in total. The van der Waals surface area contributed by atoms with Crippen molar-refractivity contribution < 1.29 is 4.79 Å². The van der Waals surface area contributed by atoms with Crippen LogP contribution in [0.3, 0.4) is 0 Å². The number of carbonyl (C=O) groups is 1. The van der Waals surface area contributed by atoms with Crippen LogP contribution in [0.15, 0.2) is 52.7 Å². The van der Waals surface area contributed by atoms with Crippen molar-refractivity contribution in [3.8, 4) is 0 Å². The van der Waals surface area contributed by atoms with Crippen molar-refractivity contribution in [3.63, 3.8) is 0 Å². The minimum Gasteiger partial charge on any atom is -0.339 e. The smallest absolute Gasteiger partial charge is 0.228 e. The Hall–Kier alpha value is -1.93. The van der Waals surface area contributed by atoms with Crippen LogP contribution in [0.4, 0.5) is 17.1 Å². The van der Waals surface area contributed by atoms with E-state index in [1.165, 1.54) is 0 Å². The lowest BCUT2D eigenvalue weighted by Crippen LogP contribution is -2.56. The third-order valence-electron chi connectivity index (χ3n) is 4.23. The standard InChI is InChI=1S/C21H24Cl3N5OS/c1-4-7-18(30)26-19(21(22,23)24)27-20(31)25-16-11-10-15(12-14(16)3)28-29-17-9-6-5-8-13(17)2/h5-6,8-12,19H,4,7H2,1-3H3,(H,26,30)(H2,25,27,31)/t19-/m1/s1. The average molecular weight is 501 g/mol. The van der Waals surface area contributed by atoms with Gasteiger partial charge in [-0.1, -0.05) is 59.9 Å². The molecule has 31 heavy (non-hydrogen) atoms. The molecule has 2 rings (SSSR count). The number of thiocarbonyl (C=S) groups is 1. The highest BCUT2D eigenvalue weighted by atomic mass is 35.6. The van der Waals surface area contributed by atoms with E-state index in [1.54, 1.807) is 0 Å². The molecule has 0 saturated carbocycles. The van der Waals surface area contributed by atoms with Gasteiger partial charge in [0.25, 0.3) is 0 Å². The third-order valence-corrected chi connectivity index (χ3v) is 5.11. The highest BCUT2D eigenvalue weighted by Gasteiger charge is 2.34. The lowest BCUT2D eigenvalue weighted by atomic mass is 10.2. The molecule has 1 atom stereocenters. The second-order valence-corrected chi connectivity index (χ2v) is 9.65. The number of halogens is 3. The summed E-state index contributed by atoms with van der Waals surface area (Å²) in [4.78, 5) is 11.9. The molecule has 1 amide bonds. The topological polar surface area (TPSA) is 77.9 Å². The van der Waals surface area contributed by atoms with Gasteiger partial charge in [-0.3, -0.25) is 4.79 Å². The summed E-state index contributed by atoms with van der Waals surface area (Å²) in [6.45, 7) is 5.78. The van der Waals surface area contributed by atoms with Crippen molar-refractivity contribution in [2.45, 2.75) is 43.6 Å². The summed E-state index contributed by atoms with van der Waals surface area (Å²) >= 11 is 23.3. The maximum atomic E-state index is 11.9. The van der Waals surface area contributed by atoms with E-state index in [1.807, 2.05) is 63.2 Å². The SMILES string of the molecule is CCCC(=O)N[C@H](NC(=S)Nc1ccc(N=Nc2ccccc2C)cc1C)C(Cl)(Cl)Cl. The van der Waals surface area contributed by atoms with E-state index in [-0.39, 0.29) is 11.0 Å². The predicted octanol–water partition coefficient (Wildman–Crippen LogP) is 6.62. The minimum absolute atomic E-state index is 0.200. The molecule has 3 N–H and O–H groups in total. The first kappa shape index (κ1) is 25.3. The van der Waals surface area contributed by atoms with Crippen LogP contribution < -0.4 is 16.0 Å². The van der Waals surface area contributed by atoms with E-state index < -0.39 is 9.96 Å². The van der Waals surface area contributed by atoms with Crippen LogP contribution in [-0.2, 0) is 4.79 Å². The van der Waals surface area contributed by atoms with E-state index in [9.17, 15) is 4.79 Å². The summed E-state index contributed by atoms with van der Waals surface area (Å²) in [5.74, 6) is -0.242. The zero-order valence-corrected chi connectivity index (χ0v) is 20.5. The number of amides is 1. The molecule has 0 radical (unpaired) electrons. The van der Waals surface area contributed by atoms with Crippen molar-refractivity contribution >= 4 is 75.1 Å². The molecule has 0 aliphatic rings. The zero-order chi connectivity index (χ0) is 23.0. The molecule has 2 aromatic rings. The predicted molar refractivity (Wildman–Crippen MR) is 133 cm³/mol. The van der Waals surface area contributed by atoms with Crippen molar-refractivity contribution in [1.29, 1.82) is 0 Å². The second kappa shape index (κ2) is 11.6. The van der Waals surface area contributed by atoms with Gasteiger partial charge in [0.2, 0.25) is 9.70 Å². The Kier molecular flexibility index (Phi) is 9.50. The largest absolute Gasteiger partial charge is 0.339 e. The molecule has 0 heterocycles. The summed E-state index contributed by atoms with van der Waals surface area (Å²) in [7, 11) is 0. The number of anilines is 1. The number of alkyl halides is 3. The molecule has 0 unspecified atom stereocenters. The van der Waals surface area contributed by atoms with Gasteiger partial charge in [0.05, 0.1) is 11.4 Å². The molecule has 0 fully saturated rings. The first-order chi connectivity index (χ1) is 14.6. The number of aryl methyl sites for hydroxylation is 2. The van der Waals surface area contributed by atoms with Crippen LogP contribution >= 0.6 is 47.0 Å². The molecule has 0 aliphatic heterocycles. The molecule has 10 heteroatoms. The quantitative estimate of drug-likeness (QED) is 0.173. The van der Waals surface area contributed by atoms with Crippen LogP contribution in [0.2, 0.25) is 0 Å². The Morgan fingerprint density at radius 1 is 1.06 bits per heavy atom. The fourth-order valence-electron chi connectivity index (χ4n) is 2.59. The van der Waals surface area contributed by atoms with E-state index in [0.29, 0.717) is 18.5 Å². The van der Waals surface area contributed by atoms with Gasteiger partial charge in [0.1, 0.15) is 6.17 Å². The molecule has 0 aromatic heterocycles. The van der Waals surface area contributed by atoms with Gasteiger partial charge in [0, 0.05) is 12.1 Å². The maximum Gasteiger partial charge on any atom is 0.228 e. The molecule has 0 saturated heterocycles. The molecule has 0 aliphatic carbocycles. The van der Waals surface area contributed by atoms with Crippen LogP contribution in [0.25, 0.3) is 0 Å². The average Bonchev–Trinajstić information content (AvgIpc) is 2.68. The highest BCUT2D eigenvalue weighted by molar-refractivity contribution is 7.80. The van der Waals surface area contributed by atoms with Gasteiger partial charge in [-0.05, 0) is 67.9 Å². The lowest BCUT2D eigenvalue weighted by Gasteiger charge is -2.28. The van der Waals surface area contributed by atoms with E-state index in [2.05, 4.69) is 26.2 Å². The number of benzene rings is 2. The number of nitrogens with one attached hydrogen (secondary N) is 3. The van der Waals surface area contributed by atoms with E-state index in [0.717, 1.165) is 22.5 Å². The van der Waals surface area contributed by atoms with Crippen LogP contribution in [0.5, 0.6) is 0 Å². The number of nitrogens with zero attached hydrogens (tertiary/aromatic N) is 2. The summed E-state index contributed by atoms with van der Waals surface area (Å²) in [5, 5.41) is 17.3.